The molecule has 2 atom stereocenters. The third kappa shape index (κ3) is 2.28. The number of aliphatic hydroxyl groups is 1. The van der Waals surface area contributed by atoms with E-state index < -0.39 is 0 Å². The Hall–Kier alpha value is 0.648. The van der Waals surface area contributed by atoms with Crippen LogP contribution in [0.2, 0.25) is 0 Å². The number of hydrogen-bond acceptors (Lipinski definition) is 1. The van der Waals surface area contributed by atoms with Crippen LogP contribution in [0.4, 0.5) is 0 Å². The first kappa shape index (κ1) is 8.65. The Balaban J connectivity index is 0.000000490. The summed E-state index contributed by atoms with van der Waals surface area (Å²) in [6.07, 6.45) is 3.30. The Morgan fingerprint density at radius 2 is 2.00 bits per heavy atom. The predicted molar refractivity (Wildman–Crippen MR) is 29.0 cm³/mol. The molecule has 0 spiro atoms. The van der Waals surface area contributed by atoms with Crippen LogP contribution in [0.5, 0.6) is 0 Å². The van der Waals surface area contributed by atoms with Crippen LogP contribution in [0.3, 0.4) is 0 Å². The van der Waals surface area contributed by atoms with Gasteiger partial charge in [0.2, 0.25) is 0 Å². The summed E-state index contributed by atoms with van der Waals surface area (Å²) >= 11 is 0. The van der Waals surface area contributed by atoms with Crippen LogP contribution in [0.25, 0.3) is 0 Å². The van der Waals surface area contributed by atoms with Gasteiger partial charge in [-0.1, -0.05) is 6.92 Å². The van der Waals surface area contributed by atoms with Crippen molar-refractivity contribution in [2.45, 2.75) is 32.3 Å². The van der Waals surface area contributed by atoms with E-state index >= 15 is 0 Å². The Morgan fingerprint density at radius 1 is 1.38 bits per heavy atom. The zero-order chi connectivity index (χ0) is 5.28. The third-order valence-corrected chi connectivity index (χ3v) is 1.67. The van der Waals surface area contributed by atoms with E-state index in [1.54, 1.807) is 0 Å². The summed E-state index contributed by atoms with van der Waals surface area (Å²) in [4.78, 5) is 0. The molecule has 1 saturated carbocycles. The van der Waals surface area contributed by atoms with Crippen molar-refractivity contribution >= 4 is 0 Å². The zero-order valence-corrected chi connectivity index (χ0v) is 8.06. The van der Waals surface area contributed by atoms with Gasteiger partial charge in [0.15, 0.2) is 0 Å². The normalized spacial score (nSPS) is 36.8. The van der Waals surface area contributed by atoms with Crippen molar-refractivity contribution in [2.24, 2.45) is 5.92 Å². The van der Waals surface area contributed by atoms with E-state index in [2.05, 4.69) is 6.92 Å². The van der Waals surface area contributed by atoms with Crippen molar-refractivity contribution < 1.29 is 26.2 Å². The molecule has 1 N–H and O–H groups in total. The second kappa shape index (κ2) is 3.63. The van der Waals surface area contributed by atoms with E-state index in [0.29, 0.717) is 0 Å². The van der Waals surface area contributed by atoms with Crippen molar-refractivity contribution in [1.82, 2.24) is 0 Å². The average molecular weight is 284 g/mol. The standard InChI is InChI=1S/C6H12O.W/c1-5-2-3-6(7)4-5;/h5-7H,2-4H2,1H3;. The summed E-state index contributed by atoms with van der Waals surface area (Å²) < 4.78 is 0. The second-order valence-electron chi connectivity index (χ2n) is 2.57. The topological polar surface area (TPSA) is 20.2 Å². The third-order valence-electron chi connectivity index (χ3n) is 1.67. The first-order valence-electron chi connectivity index (χ1n) is 2.97. The summed E-state index contributed by atoms with van der Waals surface area (Å²) in [6.45, 7) is 2.19. The fourth-order valence-corrected chi connectivity index (χ4v) is 1.18. The smallest absolute Gasteiger partial charge is 0.0542 e. The Kier molecular flexibility index (Phi) is 3.93. The molecule has 0 saturated heterocycles. The van der Waals surface area contributed by atoms with Crippen molar-refractivity contribution in [3.63, 3.8) is 0 Å². The number of hydrogen-bond donors (Lipinski definition) is 1. The molecular formula is C6H12OW. The first-order valence-corrected chi connectivity index (χ1v) is 2.97. The molecule has 48 valence electrons. The molecule has 0 aromatic carbocycles. The molecule has 0 bridgehead atoms. The van der Waals surface area contributed by atoms with Crippen LogP contribution in [-0.2, 0) is 21.1 Å². The summed E-state index contributed by atoms with van der Waals surface area (Å²) in [7, 11) is 0. The molecule has 0 amide bonds. The van der Waals surface area contributed by atoms with Gasteiger partial charge in [0.1, 0.15) is 0 Å². The van der Waals surface area contributed by atoms with Crippen molar-refractivity contribution in [3.8, 4) is 0 Å². The Morgan fingerprint density at radius 3 is 2.12 bits per heavy atom. The quantitative estimate of drug-likeness (QED) is 0.708. The van der Waals surface area contributed by atoms with Gasteiger partial charge in [-0.15, -0.1) is 0 Å². The minimum Gasteiger partial charge on any atom is -0.393 e. The van der Waals surface area contributed by atoms with Crippen LogP contribution in [0, 0.1) is 5.92 Å². The van der Waals surface area contributed by atoms with E-state index in [-0.39, 0.29) is 27.2 Å². The fourth-order valence-electron chi connectivity index (χ4n) is 1.18. The summed E-state index contributed by atoms with van der Waals surface area (Å²) in [5, 5.41) is 8.90. The van der Waals surface area contributed by atoms with Gasteiger partial charge in [-0.3, -0.25) is 0 Å². The van der Waals surface area contributed by atoms with Crippen LogP contribution < -0.4 is 0 Å². The van der Waals surface area contributed by atoms with Crippen LogP contribution in [0.1, 0.15) is 26.2 Å². The second-order valence-corrected chi connectivity index (χ2v) is 2.57. The molecule has 0 aliphatic heterocycles. The SMILES string of the molecule is CC1CCC(O)C1.[W]. The molecule has 1 aliphatic carbocycles. The van der Waals surface area contributed by atoms with E-state index in [1.807, 2.05) is 0 Å². The van der Waals surface area contributed by atoms with Gasteiger partial charge in [0.25, 0.3) is 0 Å². The molecule has 2 heteroatoms. The van der Waals surface area contributed by atoms with E-state index in [4.69, 9.17) is 5.11 Å². The molecule has 1 rings (SSSR count). The minimum absolute atomic E-state index is 0. The first-order chi connectivity index (χ1) is 3.29. The van der Waals surface area contributed by atoms with Gasteiger partial charge in [-0.2, -0.15) is 0 Å². The maximum atomic E-state index is 8.90. The molecule has 1 fully saturated rings. The van der Waals surface area contributed by atoms with Crippen LogP contribution in [-0.4, -0.2) is 11.2 Å². The Bertz CT molecular complexity index is 57.5. The van der Waals surface area contributed by atoms with E-state index in [9.17, 15) is 0 Å². The average Bonchev–Trinajstić information content (AvgIpc) is 1.87. The van der Waals surface area contributed by atoms with Gasteiger partial charge in [0.05, 0.1) is 6.10 Å². The Labute approximate surface area is 64.7 Å². The molecule has 1 nitrogen and oxygen atoms in total. The molecule has 2 unspecified atom stereocenters. The van der Waals surface area contributed by atoms with Crippen LogP contribution >= 0.6 is 0 Å². The monoisotopic (exact) mass is 284 g/mol. The molecule has 0 aromatic heterocycles. The molecule has 0 aromatic rings. The summed E-state index contributed by atoms with van der Waals surface area (Å²) in [6, 6.07) is 0. The van der Waals surface area contributed by atoms with Gasteiger partial charge in [-0.05, 0) is 25.2 Å². The van der Waals surface area contributed by atoms with Crippen LogP contribution in [0.15, 0.2) is 0 Å². The molecular weight excluding hydrogens is 272 g/mol. The van der Waals surface area contributed by atoms with Crippen molar-refractivity contribution in [3.05, 3.63) is 0 Å². The van der Waals surface area contributed by atoms with Crippen molar-refractivity contribution in [2.75, 3.05) is 0 Å². The number of rotatable bonds is 0. The number of aliphatic hydroxyl groups excluding tert-OH is 1. The minimum atomic E-state index is 0. The maximum absolute atomic E-state index is 8.90. The molecule has 0 heterocycles. The van der Waals surface area contributed by atoms with Crippen molar-refractivity contribution in [1.29, 1.82) is 0 Å². The maximum Gasteiger partial charge on any atom is 0.0542 e. The van der Waals surface area contributed by atoms with Gasteiger partial charge < -0.3 is 5.11 Å². The van der Waals surface area contributed by atoms with Gasteiger partial charge in [0, 0.05) is 21.1 Å². The van der Waals surface area contributed by atoms with E-state index in [1.165, 1.54) is 6.42 Å². The zero-order valence-electron chi connectivity index (χ0n) is 5.13. The molecule has 1 aliphatic rings. The fraction of sp³-hybridized carbons (Fsp3) is 1.00. The summed E-state index contributed by atoms with van der Waals surface area (Å²) in [5.74, 6) is 0.773. The van der Waals surface area contributed by atoms with Gasteiger partial charge in [-0.25, -0.2) is 0 Å². The molecule has 8 heavy (non-hydrogen) atoms. The molecule has 0 radical (unpaired) electrons. The predicted octanol–water partition coefficient (Wildman–Crippen LogP) is 1.16. The van der Waals surface area contributed by atoms with Gasteiger partial charge >= 0.3 is 0 Å². The summed E-state index contributed by atoms with van der Waals surface area (Å²) in [5.41, 5.74) is 0. The largest absolute Gasteiger partial charge is 0.393 e. The van der Waals surface area contributed by atoms with E-state index in [0.717, 1.165) is 18.8 Å².